The van der Waals surface area contributed by atoms with Gasteiger partial charge in [-0.1, -0.05) is 20.4 Å². The van der Waals surface area contributed by atoms with Gasteiger partial charge < -0.3 is 24.5 Å². The molecule has 3 aromatic rings. The molecule has 2 aromatic heterocycles. The zero-order valence-electron chi connectivity index (χ0n) is 22.8. The van der Waals surface area contributed by atoms with E-state index < -0.39 is 17.5 Å². The standard InChI is InChI=1S/C30H31N3O7/c1-5-18-19-12-17(40-25(34)8-7-11-31-27(35)16(3)4)9-10-23(19)32-26-20(18)14-33-24(26)13-22-21(28(33)36)15-39-29(37)30(22,38)6-2/h9-10,12-13,38H,3,5-8,11,14-15H2,1-2,4H3,(H,31,35)/t30-/m0/s1. The average molecular weight is 546 g/mol. The molecule has 10 nitrogen and oxygen atoms in total. The van der Waals surface area contributed by atoms with Gasteiger partial charge >= 0.3 is 11.9 Å². The molecule has 0 spiro atoms. The van der Waals surface area contributed by atoms with E-state index in [1.165, 1.54) is 0 Å². The molecule has 1 atom stereocenters. The first kappa shape index (κ1) is 27.3. The predicted octanol–water partition coefficient (Wildman–Crippen LogP) is 3.02. The van der Waals surface area contributed by atoms with Crippen molar-refractivity contribution in [1.29, 1.82) is 0 Å². The number of benzene rings is 1. The average Bonchev–Trinajstić information content (AvgIpc) is 3.30. The second-order valence-electron chi connectivity index (χ2n) is 10.2. The van der Waals surface area contributed by atoms with E-state index in [0.29, 0.717) is 54.2 Å². The molecule has 0 fully saturated rings. The third-order valence-corrected chi connectivity index (χ3v) is 7.59. The normalized spacial score (nSPS) is 17.1. The highest BCUT2D eigenvalue weighted by Crippen LogP contribution is 2.40. The van der Waals surface area contributed by atoms with Gasteiger partial charge in [0.2, 0.25) is 5.91 Å². The van der Waals surface area contributed by atoms with Gasteiger partial charge in [-0.3, -0.25) is 14.4 Å². The van der Waals surface area contributed by atoms with Crippen LogP contribution in [0, 0.1) is 0 Å². The van der Waals surface area contributed by atoms with Crippen molar-refractivity contribution in [2.75, 3.05) is 6.54 Å². The number of aliphatic hydroxyl groups is 1. The number of aryl methyl sites for hydroxylation is 1. The van der Waals surface area contributed by atoms with Gasteiger partial charge in [0.1, 0.15) is 12.4 Å². The molecule has 1 aromatic carbocycles. The van der Waals surface area contributed by atoms with Crippen molar-refractivity contribution in [3.05, 3.63) is 69.0 Å². The molecule has 2 N–H and O–H groups in total. The van der Waals surface area contributed by atoms with Crippen molar-refractivity contribution >= 4 is 28.7 Å². The van der Waals surface area contributed by atoms with Crippen LogP contribution in [0.3, 0.4) is 0 Å². The number of aromatic nitrogens is 2. The maximum atomic E-state index is 13.5. The summed E-state index contributed by atoms with van der Waals surface area (Å²) in [5.74, 6) is -1.04. The monoisotopic (exact) mass is 545 g/mol. The van der Waals surface area contributed by atoms with E-state index >= 15 is 0 Å². The van der Waals surface area contributed by atoms with Crippen LogP contribution in [0.15, 0.2) is 41.2 Å². The molecule has 0 saturated carbocycles. The van der Waals surface area contributed by atoms with E-state index in [9.17, 15) is 24.3 Å². The highest BCUT2D eigenvalue weighted by Gasteiger charge is 2.45. The van der Waals surface area contributed by atoms with Gasteiger partial charge in [-0.25, -0.2) is 9.78 Å². The third-order valence-electron chi connectivity index (χ3n) is 7.59. The summed E-state index contributed by atoms with van der Waals surface area (Å²) < 4.78 is 12.3. The Labute approximate surface area is 230 Å². The summed E-state index contributed by atoms with van der Waals surface area (Å²) in [4.78, 5) is 54.8. The van der Waals surface area contributed by atoms with Crippen LogP contribution < -0.4 is 15.6 Å². The lowest BCUT2D eigenvalue weighted by molar-refractivity contribution is -0.172. The van der Waals surface area contributed by atoms with Gasteiger partial charge in [0, 0.05) is 35.1 Å². The number of hydrogen-bond donors (Lipinski definition) is 2. The van der Waals surface area contributed by atoms with Gasteiger partial charge in [0.25, 0.3) is 5.56 Å². The summed E-state index contributed by atoms with van der Waals surface area (Å²) >= 11 is 0. The number of amides is 1. The van der Waals surface area contributed by atoms with Crippen molar-refractivity contribution in [3.63, 3.8) is 0 Å². The third kappa shape index (κ3) is 4.48. The number of esters is 2. The Morgan fingerprint density at radius 3 is 2.70 bits per heavy atom. The fourth-order valence-corrected chi connectivity index (χ4v) is 5.38. The molecule has 40 heavy (non-hydrogen) atoms. The minimum absolute atomic E-state index is 0.0740. The summed E-state index contributed by atoms with van der Waals surface area (Å²) in [6.07, 6.45) is 1.28. The zero-order valence-corrected chi connectivity index (χ0v) is 22.8. The lowest BCUT2D eigenvalue weighted by Crippen LogP contribution is -2.44. The molecule has 0 aliphatic carbocycles. The summed E-state index contributed by atoms with van der Waals surface area (Å²) in [5, 5.41) is 14.6. The SMILES string of the molecule is C=C(C)C(=O)NCCCC(=O)Oc1ccc2nc3c(c(CC)c2c1)Cn1c-3cc2c(c1=O)COC(=O)[C@]2(O)CC. The quantitative estimate of drug-likeness (QED) is 0.149. The first-order chi connectivity index (χ1) is 19.1. The lowest BCUT2D eigenvalue weighted by Gasteiger charge is -2.31. The van der Waals surface area contributed by atoms with E-state index in [0.717, 1.165) is 16.5 Å². The molecule has 208 valence electrons. The Morgan fingerprint density at radius 2 is 2.00 bits per heavy atom. The van der Waals surface area contributed by atoms with E-state index in [4.69, 9.17) is 14.5 Å². The number of pyridine rings is 2. The molecule has 1 amide bonds. The molecule has 2 aliphatic heterocycles. The Kier molecular flexibility index (Phi) is 7.05. The molecule has 0 saturated heterocycles. The topological polar surface area (TPSA) is 137 Å². The Morgan fingerprint density at radius 1 is 1.23 bits per heavy atom. The van der Waals surface area contributed by atoms with E-state index in [2.05, 4.69) is 11.9 Å². The van der Waals surface area contributed by atoms with Crippen LogP contribution in [0.5, 0.6) is 5.75 Å². The molecule has 4 heterocycles. The number of nitrogens with zero attached hydrogens (tertiary/aromatic N) is 2. The first-order valence-corrected chi connectivity index (χ1v) is 13.4. The summed E-state index contributed by atoms with van der Waals surface area (Å²) in [6.45, 7) is 9.32. The molecule has 0 unspecified atom stereocenters. The number of hydrogen-bond acceptors (Lipinski definition) is 8. The van der Waals surface area contributed by atoms with Crippen LogP contribution in [0.2, 0.25) is 0 Å². The van der Waals surface area contributed by atoms with Gasteiger partial charge in [0.05, 0.1) is 29.0 Å². The largest absolute Gasteiger partial charge is 0.458 e. The number of rotatable bonds is 8. The molecule has 5 rings (SSSR count). The van der Waals surface area contributed by atoms with Crippen molar-refractivity contribution < 1.29 is 29.0 Å². The van der Waals surface area contributed by atoms with Crippen LogP contribution in [0.25, 0.3) is 22.3 Å². The van der Waals surface area contributed by atoms with Gasteiger partial charge in [0.15, 0.2) is 5.60 Å². The van der Waals surface area contributed by atoms with Crippen LogP contribution in [-0.2, 0) is 44.3 Å². The van der Waals surface area contributed by atoms with Crippen LogP contribution >= 0.6 is 0 Å². The zero-order chi connectivity index (χ0) is 28.8. The number of ether oxygens (including phenoxy) is 2. The van der Waals surface area contributed by atoms with E-state index in [1.54, 1.807) is 42.7 Å². The van der Waals surface area contributed by atoms with Gasteiger partial charge in [-0.2, -0.15) is 0 Å². The summed E-state index contributed by atoms with van der Waals surface area (Å²) in [6, 6.07) is 6.91. The molecule has 0 bridgehead atoms. The highest BCUT2D eigenvalue weighted by atomic mass is 16.6. The second-order valence-corrected chi connectivity index (χ2v) is 10.2. The molecule has 10 heteroatoms. The number of carbonyl (C=O) groups excluding carboxylic acids is 3. The van der Waals surface area contributed by atoms with Crippen LogP contribution in [-0.4, -0.2) is 39.0 Å². The molecular formula is C30H31N3O7. The maximum Gasteiger partial charge on any atom is 0.343 e. The number of fused-ring (bicyclic) bond motifs is 5. The van der Waals surface area contributed by atoms with Crippen molar-refractivity contribution in [2.45, 2.75) is 65.2 Å². The van der Waals surface area contributed by atoms with E-state index in [1.807, 2.05) is 6.92 Å². The highest BCUT2D eigenvalue weighted by molar-refractivity contribution is 5.92. The molecular weight excluding hydrogens is 514 g/mol. The second kappa shape index (κ2) is 10.3. The Bertz CT molecular complexity index is 1660. The Balaban J connectivity index is 1.45. The summed E-state index contributed by atoms with van der Waals surface area (Å²) in [5.41, 5.74) is 2.45. The van der Waals surface area contributed by atoms with Gasteiger partial charge in [-0.15, -0.1) is 0 Å². The minimum Gasteiger partial charge on any atom is -0.458 e. The van der Waals surface area contributed by atoms with Crippen molar-refractivity contribution in [2.24, 2.45) is 0 Å². The number of carbonyl (C=O) groups is 3. The summed E-state index contributed by atoms with van der Waals surface area (Å²) in [7, 11) is 0. The fourth-order valence-electron chi connectivity index (χ4n) is 5.38. The van der Waals surface area contributed by atoms with Crippen molar-refractivity contribution in [3.8, 4) is 17.1 Å². The van der Waals surface area contributed by atoms with Crippen LogP contribution in [0.4, 0.5) is 0 Å². The smallest absolute Gasteiger partial charge is 0.343 e. The predicted molar refractivity (Wildman–Crippen MR) is 147 cm³/mol. The maximum absolute atomic E-state index is 13.5. The molecule has 0 radical (unpaired) electrons. The van der Waals surface area contributed by atoms with Crippen molar-refractivity contribution in [1.82, 2.24) is 14.9 Å². The van der Waals surface area contributed by atoms with Gasteiger partial charge in [-0.05, 0) is 56.0 Å². The molecule has 2 aliphatic rings. The van der Waals surface area contributed by atoms with E-state index in [-0.39, 0.29) is 42.0 Å². The number of nitrogens with one attached hydrogen (secondary N) is 1. The minimum atomic E-state index is -1.88. The first-order valence-electron chi connectivity index (χ1n) is 13.4. The number of cyclic esters (lactones) is 1. The lowest BCUT2D eigenvalue weighted by atomic mass is 9.86. The fraction of sp³-hybridized carbons (Fsp3) is 0.367. The Hall–Kier alpha value is -4.31. The van der Waals surface area contributed by atoms with Crippen LogP contribution in [0.1, 0.15) is 62.3 Å².